The molecule has 0 aliphatic carbocycles. The van der Waals surface area contributed by atoms with Crippen LogP contribution in [-0.4, -0.2) is 44.0 Å². The van der Waals surface area contributed by atoms with Crippen molar-refractivity contribution in [3.8, 4) is 17.2 Å². The molecule has 2 aliphatic heterocycles. The van der Waals surface area contributed by atoms with Gasteiger partial charge in [0.1, 0.15) is 23.0 Å². The molecule has 5 nitrogen and oxygen atoms in total. The van der Waals surface area contributed by atoms with Gasteiger partial charge in [0.2, 0.25) is 0 Å². The van der Waals surface area contributed by atoms with Gasteiger partial charge >= 0.3 is 0 Å². The topological polar surface area (TPSA) is 46.1 Å². The smallest absolute Gasteiger partial charge is 0.153 e. The Kier molecular flexibility index (Phi) is 4.09. The van der Waals surface area contributed by atoms with Crippen molar-refractivity contribution in [3.05, 3.63) is 48.0 Å². The zero-order chi connectivity index (χ0) is 16.4. The molecule has 2 heterocycles. The highest BCUT2D eigenvalue weighted by Gasteiger charge is 2.23. The van der Waals surface area contributed by atoms with E-state index < -0.39 is 0 Å². The minimum Gasteiger partial charge on any atom is -0.497 e. The van der Waals surface area contributed by atoms with Gasteiger partial charge in [-0.1, -0.05) is 12.1 Å². The number of para-hydroxylation sites is 2. The number of hydrogen-bond acceptors (Lipinski definition) is 5. The van der Waals surface area contributed by atoms with Gasteiger partial charge in [0.25, 0.3) is 0 Å². The van der Waals surface area contributed by atoms with Gasteiger partial charge in [-0.3, -0.25) is 0 Å². The van der Waals surface area contributed by atoms with Crippen LogP contribution in [0.5, 0.6) is 17.2 Å². The van der Waals surface area contributed by atoms with E-state index in [4.69, 9.17) is 14.5 Å². The predicted molar refractivity (Wildman–Crippen MR) is 94.8 cm³/mol. The number of amidine groups is 1. The second-order valence-electron chi connectivity index (χ2n) is 5.96. The summed E-state index contributed by atoms with van der Waals surface area (Å²) in [6.07, 6.45) is 1.10. The van der Waals surface area contributed by atoms with Crippen LogP contribution in [0.15, 0.2) is 47.5 Å². The lowest BCUT2D eigenvalue weighted by Gasteiger charge is -2.24. The van der Waals surface area contributed by atoms with Crippen molar-refractivity contribution in [1.82, 2.24) is 10.2 Å². The fourth-order valence-corrected chi connectivity index (χ4v) is 3.13. The van der Waals surface area contributed by atoms with E-state index >= 15 is 0 Å². The van der Waals surface area contributed by atoms with E-state index in [0.29, 0.717) is 0 Å². The van der Waals surface area contributed by atoms with Gasteiger partial charge < -0.3 is 19.7 Å². The highest BCUT2D eigenvalue weighted by atomic mass is 16.5. The maximum atomic E-state index is 6.16. The molecule has 1 saturated heterocycles. The van der Waals surface area contributed by atoms with Crippen LogP contribution < -0.4 is 14.8 Å². The minimum absolute atomic E-state index is 0.773. The average Bonchev–Trinajstić information content (AvgIpc) is 2.98. The number of methoxy groups -OCH3 is 1. The molecule has 0 spiro atoms. The second kappa shape index (κ2) is 6.53. The van der Waals surface area contributed by atoms with Crippen molar-refractivity contribution in [2.75, 3.05) is 33.3 Å². The Balaban J connectivity index is 1.84. The largest absolute Gasteiger partial charge is 0.497 e. The average molecular weight is 323 g/mol. The minimum atomic E-state index is 0.773. The highest BCUT2D eigenvalue weighted by Crippen LogP contribution is 2.39. The monoisotopic (exact) mass is 323 g/mol. The quantitative estimate of drug-likeness (QED) is 0.875. The molecule has 0 bridgehead atoms. The van der Waals surface area contributed by atoms with Crippen molar-refractivity contribution in [1.29, 1.82) is 0 Å². The molecule has 5 heteroatoms. The van der Waals surface area contributed by atoms with Crippen LogP contribution in [0.1, 0.15) is 12.0 Å². The molecule has 0 radical (unpaired) electrons. The van der Waals surface area contributed by atoms with E-state index in [1.165, 1.54) is 0 Å². The summed E-state index contributed by atoms with van der Waals surface area (Å²) in [6, 6.07) is 13.8. The summed E-state index contributed by atoms with van der Waals surface area (Å²) in [7, 11) is 1.67. The summed E-state index contributed by atoms with van der Waals surface area (Å²) in [4.78, 5) is 7.29. The Bertz CT molecular complexity index is 765. The molecule has 4 rings (SSSR count). The van der Waals surface area contributed by atoms with Crippen LogP contribution in [0, 0.1) is 0 Å². The van der Waals surface area contributed by atoms with Crippen LogP contribution in [0.2, 0.25) is 0 Å². The lowest BCUT2D eigenvalue weighted by molar-refractivity contribution is 0.408. The van der Waals surface area contributed by atoms with Gasteiger partial charge in [0.05, 0.1) is 12.7 Å². The standard InChI is InChI=1S/C19H21N3O2/c1-23-14-7-8-15-18(13-14)24-17-6-3-2-5-16(17)21-19(15)22-11-4-9-20-10-12-22/h2-3,5-8,13,20H,4,9-12H2,1H3. The molecule has 0 unspecified atom stereocenters. The molecule has 0 saturated carbocycles. The lowest BCUT2D eigenvalue weighted by atomic mass is 10.1. The van der Waals surface area contributed by atoms with Crippen molar-refractivity contribution >= 4 is 11.5 Å². The zero-order valence-electron chi connectivity index (χ0n) is 13.8. The highest BCUT2D eigenvalue weighted by molar-refractivity contribution is 6.04. The van der Waals surface area contributed by atoms with Crippen LogP contribution >= 0.6 is 0 Å². The lowest BCUT2D eigenvalue weighted by Crippen LogP contribution is -2.34. The van der Waals surface area contributed by atoms with Gasteiger partial charge in [0.15, 0.2) is 5.75 Å². The fourth-order valence-electron chi connectivity index (χ4n) is 3.13. The molecular weight excluding hydrogens is 302 g/mol. The Labute approximate surface area is 141 Å². The first-order chi connectivity index (χ1) is 11.8. The predicted octanol–water partition coefficient (Wildman–Crippen LogP) is 3.17. The number of nitrogens with zero attached hydrogens (tertiary/aromatic N) is 2. The summed E-state index contributed by atoms with van der Waals surface area (Å²) < 4.78 is 11.5. The first kappa shape index (κ1) is 15.0. The van der Waals surface area contributed by atoms with Crippen LogP contribution in [-0.2, 0) is 0 Å². The first-order valence-corrected chi connectivity index (χ1v) is 8.35. The van der Waals surface area contributed by atoms with E-state index in [1.807, 2.05) is 42.5 Å². The number of rotatable bonds is 1. The van der Waals surface area contributed by atoms with Crippen molar-refractivity contribution in [3.63, 3.8) is 0 Å². The number of fused-ring (bicyclic) bond motifs is 2. The number of hydrogen-bond donors (Lipinski definition) is 1. The second-order valence-corrected chi connectivity index (χ2v) is 5.96. The maximum absolute atomic E-state index is 6.16. The molecule has 1 fully saturated rings. The molecule has 0 amide bonds. The fraction of sp³-hybridized carbons (Fsp3) is 0.316. The summed E-state index contributed by atoms with van der Waals surface area (Å²) in [6.45, 7) is 3.94. The van der Waals surface area contributed by atoms with Crippen molar-refractivity contribution in [2.45, 2.75) is 6.42 Å². The third-order valence-corrected chi connectivity index (χ3v) is 4.38. The third-order valence-electron chi connectivity index (χ3n) is 4.38. The zero-order valence-corrected chi connectivity index (χ0v) is 13.8. The van der Waals surface area contributed by atoms with Crippen LogP contribution in [0.3, 0.4) is 0 Å². The number of ether oxygens (including phenoxy) is 2. The molecule has 2 aliphatic rings. The van der Waals surface area contributed by atoms with E-state index in [0.717, 1.165) is 66.9 Å². The molecule has 0 aromatic heterocycles. The SMILES string of the molecule is COc1ccc2c(c1)Oc1ccccc1N=C2N1CCCNCC1. The van der Waals surface area contributed by atoms with E-state index in [1.54, 1.807) is 7.11 Å². The van der Waals surface area contributed by atoms with Crippen LogP contribution in [0.4, 0.5) is 5.69 Å². The summed E-state index contributed by atoms with van der Waals surface area (Å²) >= 11 is 0. The molecule has 24 heavy (non-hydrogen) atoms. The third kappa shape index (κ3) is 2.83. The summed E-state index contributed by atoms with van der Waals surface area (Å²) in [5.41, 5.74) is 1.87. The molecule has 0 atom stereocenters. The molecular formula is C19H21N3O2. The van der Waals surface area contributed by atoms with Gasteiger partial charge in [0, 0.05) is 25.7 Å². The number of benzene rings is 2. The van der Waals surface area contributed by atoms with E-state index in [9.17, 15) is 0 Å². The van der Waals surface area contributed by atoms with Gasteiger partial charge in [-0.2, -0.15) is 0 Å². The summed E-state index contributed by atoms with van der Waals surface area (Å²) in [5, 5.41) is 3.45. The Morgan fingerprint density at radius 2 is 2.00 bits per heavy atom. The molecule has 2 aromatic carbocycles. The molecule has 124 valence electrons. The number of aliphatic imine (C=N–C) groups is 1. The van der Waals surface area contributed by atoms with Gasteiger partial charge in [-0.05, 0) is 37.2 Å². The van der Waals surface area contributed by atoms with Crippen molar-refractivity contribution < 1.29 is 9.47 Å². The van der Waals surface area contributed by atoms with Crippen LogP contribution in [0.25, 0.3) is 0 Å². The van der Waals surface area contributed by atoms with E-state index in [-0.39, 0.29) is 0 Å². The normalized spacial score (nSPS) is 16.9. The maximum Gasteiger partial charge on any atom is 0.153 e. The Hall–Kier alpha value is -2.53. The van der Waals surface area contributed by atoms with E-state index in [2.05, 4.69) is 10.2 Å². The molecule has 2 aromatic rings. The number of nitrogens with one attached hydrogen (secondary N) is 1. The Morgan fingerprint density at radius 1 is 1.08 bits per heavy atom. The van der Waals surface area contributed by atoms with Gasteiger partial charge in [-0.15, -0.1) is 0 Å². The Morgan fingerprint density at radius 3 is 2.92 bits per heavy atom. The summed E-state index contributed by atoms with van der Waals surface area (Å²) in [5.74, 6) is 3.32. The first-order valence-electron chi connectivity index (χ1n) is 8.35. The van der Waals surface area contributed by atoms with Gasteiger partial charge in [-0.25, -0.2) is 4.99 Å². The van der Waals surface area contributed by atoms with Crippen molar-refractivity contribution in [2.24, 2.45) is 4.99 Å². The molecule has 1 N–H and O–H groups in total.